The Morgan fingerprint density at radius 2 is 2.38 bits per heavy atom. The average molecular weight is 178 g/mol. The third-order valence-electron chi connectivity index (χ3n) is 0.813. The van der Waals surface area contributed by atoms with Crippen molar-refractivity contribution in [1.29, 1.82) is 0 Å². The molecule has 0 aliphatic rings. The summed E-state index contributed by atoms with van der Waals surface area (Å²) in [6.45, 7) is 0. The molecule has 1 unspecified atom stereocenters. The maximum absolute atomic E-state index is 10.4. The first kappa shape index (κ1) is 8.03. The van der Waals surface area contributed by atoms with Gasteiger partial charge in [-0.15, -0.1) is 0 Å². The van der Waals surface area contributed by atoms with Gasteiger partial charge in [0.05, 0.1) is 0 Å². The zero-order valence-electron chi connectivity index (χ0n) is 5.02. The fourth-order valence-corrected chi connectivity index (χ4v) is 0.777. The van der Waals surface area contributed by atoms with E-state index in [1.165, 1.54) is 7.11 Å². The van der Waals surface area contributed by atoms with Crippen LogP contribution in [-0.4, -0.2) is 29.9 Å². The Morgan fingerprint density at radius 1 is 1.75 bits per heavy atom. The van der Waals surface area contributed by atoms with E-state index in [4.69, 9.17) is 0 Å². The minimum absolute atomic E-state index is 0.0948. The first-order chi connectivity index (χ1) is 3.81. The molecule has 2 nitrogen and oxygen atoms in total. The topological polar surface area (TPSA) is 26.3 Å². The van der Waals surface area contributed by atoms with Crippen molar-refractivity contribution in [1.82, 2.24) is 0 Å². The van der Waals surface area contributed by atoms with E-state index in [0.717, 1.165) is 11.6 Å². The van der Waals surface area contributed by atoms with Crippen LogP contribution >= 0.6 is 0 Å². The van der Waals surface area contributed by atoms with Gasteiger partial charge < -0.3 is 0 Å². The Hall–Kier alpha value is 0.0284. The Morgan fingerprint density at radius 3 is 2.75 bits per heavy atom. The van der Waals surface area contributed by atoms with Crippen molar-refractivity contribution in [2.45, 2.75) is 18.1 Å². The average Bonchev–Trinajstić information content (AvgIpc) is 1.83. The second-order valence-corrected chi connectivity index (χ2v) is 2.68. The SMILES string of the molecule is COC(=O)CCC[AsH2]. The first-order valence-electron chi connectivity index (χ1n) is 2.58. The molecule has 0 rings (SSSR count). The van der Waals surface area contributed by atoms with Gasteiger partial charge in [0.15, 0.2) is 0 Å². The van der Waals surface area contributed by atoms with Crippen LogP contribution in [0, 0.1) is 0 Å². The molecule has 48 valence electrons. The molecule has 1 atom stereocenters. The van der Waals surface area contributed by atoms with Crippen molar-refractivity contribution >= 4 is 22.8 Å². The molecule has 0 heterocycles. The van der Waals surface area contributed by atoms with E-state index >= 15 is 0 Å². The van der Waals surface area contributed by atoms with Crippen LogP contribution in [0.1, 0.15) is 12.8 Å². The molecule has 0 aliphatic heterocycles. The summed E-state index contributed by atoms with van der Waals surface area (Å²) in [5, 5.41) is 1.11. The number of ether oxygens (including phenoxy) is 1. The van der Waals surface area contributed by atoms with Crippen molar-refractivity contribution in [3.05, 3.63) is 0 Å². The summed E-state index contributed by atoms with van der Waals surface area (Å²) in [4.78, 5) is 10.4. The molecular formula is C5H11AsO2. The molecule has 0 aromatic rings. The number of esters is 1. The molecule has 0 fully saturated rings. The van der Waals surface area contributed by atoms with Crippen LogP contribution in [0.2, 0.25) is 5.21 Å². The fraction of sp³-hybridized carbons (Fsp3) is 0.800. The summed E-state index contributed by atoms with van der Waals surface area (Å²) in [6.07, 6.45) is 1.54. The molecule has 3 heteroatoms. The Kier molecular flexibility index (Phi) is 5.19. The molecule has 0 radical (unpaired) electrons. The van der Waals surface area contributed by atoms with Crippen LogP contribution < -0.4 is 0 Å². The molecule has 0 spiro atoms. The van der Waals surface area contributed by atoms with Gasteiger partial charge in [0.2, 0.25) is 0 Å². The van der Waals surface area contributed by atoms with Gasteiger partial charge in [-0.3, -0.25) is 0 Å². The number of hydrogen-bond donors (Lipinski definition) is 0. The molecule has 0 N–H and O–H groups in total. The van der Waals surface area contributed by atoms with E-state index in [1.807, 2.05) is 0 Å². The molecular weight excluding hydrogens is 167 g/mol. The summed E-state index contributed by atoms with van der Waals surface area (Å²) in [5.41, 5.74) is 0. The monoisotopic (exact) mass is 178 g/mol. The molecule has 8 heavy (non-hydrogen) atoms. The Labute approximate surface area is 58.1 Å². The van der Waals surface area contributed by atoms with Gasteiger partial charge in [-0.05, 0) is 0 Å². The molecule has 0 aliphatic carbocycles. The van der Waals surface area contributed by atoms with Crippen LogP contribution in [0.25, 0.3) is 0 Å². The molecule has 0 saturated heterocycles. The zero-order valence-corrected chi connectivity index (χ0v) is 7.44. The number of rotatable bonds is 3. The van der Waals surface area contributed by atoms with Crippen molar-refractivity contribution in [3.8, 4) is 0 Å². The molecule has 0 amide bonds. The molecule has 0 saturated carbocycles. The first-order valence-corrected chi connectivity index (χ1v) is 4.29. The van der Waals surface area contributed by atoms with Gasteiger partial charge in [-0.25, -0.2) is 0 Å². The van der Waals surface area contributed by atoms with Gasteiger partial charge in [0, 0.05) is 0 Å². The van der Waals surface area contributed by atoms with Crippen LogP contribution in [0.5, 0.6) is 0 Å². The maximum atomic E-state index is 10.4. The second kappa shape index (κ2) is 5.17. The summed E-state index contributed by atoms with van der Waals surface area (Å²) < 4.78 is 4.42. The minimum atomic E-state index is -0.0948. The van der Waals surface area contributed by atoms with Crippen LogP contribution in [0.3, 0.4) is 0 Å². The standard InChI is InChI=1S/C5H11AsO2/c1-8-5(7)3-2-4-6/h2-4,6H2,1H3. The van der Waals surface area contributed by atoms with Crippen LogP contribution in [-0.2, 0) is 9.53 Å². The van der Waals surface area contributed by atoms with Crippen LogP contribution in [0.15, 0.2) is 0 Å². The number of hydrogen-bond acceptors (Lipinski definition) is 2. The third-order valence-corrected chi connectivity index (χ3v) is 1.67. The van der Waals surface area contributed by atoms with E-state index in [2.05, 4.69) is 4.74 Å². The zero-order chi connectivity index (χ0) is 6.41. The fourth-order valence-electron chi connectivity index (χ4n) is 0.348. The number of carbonyl (C=O) groups is 1. The van der Waals surface area contributed by atoms with Crippen molar-refractivity contribution in [2.24, 2.45) is 0 Å². The predicted octanol–water partition coefficient (Wildman–Crippen LogP) is -0.00900. The summed E-state index contributed by atoms with van der Waals surface area (Å²) in [6, 6.07) is 0. The number of methoxy groups -OCH3 is 1. The summed E-state index contributed by atoms with van der Waals surface area (Å²) >= 11 is 1.66. The van der Waals surface area contributed by atoms with E-state index in [9.17, 15) is 4.79 Å². The van der Waals surface area contributed by atoms with Crippen LogP contribution in [0.4, 0.5) is 0 Å². The van der Waals surface area contributed by atoms with Gasteiger partial charge >= 0.3 is 57.5 Å². The number of carbonyl (C=O) groups excluding carboxylic acids is 1. The van der Waals surface area contributed by atoms with Crippen molar-refractivity contribution in [3.63, 3.8) is 0 Å². The van der Waals surface area contributed by atoms with Crippen molar-refractivity contribution < 1.29 is 9.53 Å². The van der Waals surface area contributed by atoms with Crippen molar-refractivity contribution in [2.75, 3.05) is 7.11 Å². The normalized spacial score (nSPS) is 8.75. The van der Waals surface area contributed by atoms with Gasteiger partial charge in [-0.1, -0.05) is 0 Å². The molecule has 0 aromatic heterocycles. The van der Waals surface area contributed by atoms with E-state index in [-0.39, 0.29) is 5.97 Å². The van der Waals surface area contributed by atoms with Gasteiger partial charge in [-0.2, -0.15) is 0 Å². The summed E-state index contributed by atoms with van der Waals surface area (Å²) in [7, 11) is 1.42. The third kappa shape index (κ3) is 4.19. The van der Waals surface area contributed by atoms with Gasteiger partial charge in [0.25, 0.3) is 0 Å². The Bertz CT molecular complexity index is 72.8. The Balaban J connectivity index is 2.99. The molecule has 0 aromatic carbocycles. The summed E-state index contributed by atoms with van der Waals surface area (Å²) in [5.74, 6) is -0.0948. The van der Waals surface area contributed by atoms with E-state index < -0.39 is 0 Å². The van der Waals surface area contributed by atoms with E-state index in [1.54, 1.807) is 16.9 Å². The van der Waals surface area contributed by atoms with Gasteiger partial charge in [0.1, 0.15) is 0 Å². The predicted molar refractivity (Wildman–Crippen MR) is 34.6 cm³/mol. The molecule has 0 bridgehead atoms. The quantitative estimate of drug-likeness (QED) is 0.448. The second-order valence-electron chi connectivity index (χ2n) is 1.47. The van der Waals surface area contributed by atoms with E-state index in [0.29, 0.717) is 6.42 Å².